The van der Waals surface area contributed by atoms with Gasteiger partial charge in [-0.3, -0.25) is 4.79 Å². The zero-order chi connectivity index (χ0) is 25.7. The maximum atomic E-state index is 14.1. The van der Waals surface area contributed by atoms with E-state index >= 15 is 0 Å². The van der Waals surface area contributed by atoms with E-state index < -0.39 is 15.8 Å². The number of nitrogens with zero attached hydrogens (tertiary/aromatic N) is 3. The molecule has 3 aromatic rings. The molecule has 1 aliphatic rings. The molecule has 36 heavy (non-hydrogen) atoms. The highest BCUT2D eigenvalue weighted by Gasteiger charge is 2.27. The predicted octanol–water partition coefficient (Wildman–Crippen LogP) is 3.66. The number of anilines is 1. The van der Waals surface area contributed by atoms with Crippen LogP contribution in [-0.4, -0.2) is 70.4 Å². The van der Waals surface area contributed by atoms with E-state index in [4.69, 9.17) is 4.74 Å². The minimum atomic E-state index is -3.72. The Labute approximate surface area is 211 Å². The number of likely N-dealkylation sites (N-methyl/N-ethyl adjacent to an activating group) is 1. The highest BCUT2D eigenvalue weighted by atomic mass is 32.2. The lowest BCUT2D eigenvalue weighted by Crippen LogP contribution is -2.49. The van der Waals surface area contributed by atoms with Gasteiger partial charge in [-0.15, -0.1) is 0 Å². The molecule has 1 saturated heterocycles. The number of hydrogen-bond donors (Lipinski definition) is 0. The van der Waals surface area contributed by atoms with Crippen molar-refractivity contribution in [2.75, 3.05) is 51.8 Å². The summed E-state index contributed by atoms with van der Waals surface area (Å²) in [5.74, 6) is -0.341. The molecule has 0 atom stereocenters. The number of carbonyl (C=O) groups excluding carboxylic acids is 1. The Morgan fingerprint density at radius 1 is 0.972 bits per heavy atom. The van der Waals surface area contributed by atoms with Gasteiger partial charge in [-0.25, -0.2) is 17.1 Å². The fourth-order valence-electron chi connectivity index (χ4n) is 4.26. The SMILES string of the molecule is COc1ccc(S(=O)(=O)N(C)CCc2ccccc2)cc1N1CCN(C(=O)c2ccccc2F)CC1. The molecular weight excluding hydrogens is 481 g/mol. The number of hydrogen-bond acceptors (Lipinski definition) is 5. The highest BCUT2D eigenvalue weighted by Crippen LogP contribution is 2.33. The number of sulfonamides is 1. The van der Waals surface area contributed by atoms with Crippen LogP contribution < -0.4 is 9.64 Å². The van der Waals surface area contributed by atoms with E-state index in [-0.39, 0.29) is 16.4 Å². The lowest BCUT2D eigenvalue weighted by atomic mass is 10.1. The molecule has 0 aromatic heterocycles. The second-order valence-electron chi connectivity index (χ2n) is 8.65. The van der Waals surface area contributed by atoms with Crippen LogP contribution in [0, 0.1) is 5.82 Å². The summed E-state index contributed by atoms with van der Waals surface area (Å²) in [5, 5.41) is 0. The Kier molecular flexibility index (Phi) is 7.91. The number of ether oxygens (including phenoxy) is 1. The number of carbonyl (C=O) groups is 1. The first-order valence-electron chi connectivity index (χ1n) is 11.8. The second-order valence-corrected chi connectivity index (χ2v) is 10.7. The maximum absolute atomic E-state index is 14.1. The number of rotatable bonds is 8. The van der Waals surface area contributed by atoms with E-state index in [9.17, 15) is 17.6 Å². The van der Waals surface area contributed by atoms with Gasteiger partial charge in [0, 0.05) is 39.8 Å². The van der Waals surface area contributed by atoms with Crippen molar-refractivity contribution in [2.45, 2.75) is 11.3 Å². The maximum Gasteiger partial charge on any atom is 0.256 e. The van der Waals surface area contributed by atoms with Crippen molar-refractivity contribution >= 4 is 21.6 Å². The third-order valence-electron chi connectivity index (χ3n) is 6.43. The van der Waals surface area contributed by atoms with Crippen molar-refractivity contribution in [2.24, 2.45) is 0 Å². The normalized spacial score (nSPS) is 14.2. The molecular formula is C27H30FN3O4S. The molecule has 7 nitrogen and oxygen atoms in total. The predicted molar refractivity (Wildman–Crippen MR) is 137 cm³/mol. The third-order valence-corrected chi connectivity index (χ3v) is 8.28. The minimum absolute atomic E-state index is 0.0511. The molecule has 1 fully saturated rings. The Balaban J connectivity index is 1.48. The first-order chi connectivity index (χ1) is 17.3. The molecule has 4 rings (SSSR count). The Morgan fingerprint density at radius 3 is 2.31 bits per heavy atom. The standard InChI is InChI=1S/C27H30FN3O4S/c1-29(15-14-21-8-4-3-5-9-21)36(33,34)22-12-13-26(35-2)25(20-22)30-16-18-31(19-17-30)27(32)23-10-6-7-11-24(23)28/h3-13,20H,14-19H2,1-2H3. The number of piperazine rings is 1. The molecule has 0 aliphatic carbocycles. The van der Waals surface area contributed by atoms with Gasteiger partial charge in [-0.1, -0.05) is 42.5 Å². The molecule has 9 heteroatoms. The van der Waals surface area contributed by atoms with Crippen LogP contribution in [0.3, 0.4) is 0 Å². The second kappa shape index (κ2) is 11.1. The van der Waals surface area contributed by atoms with E-state index in [0.29, 0.717) is 50.6 Å². The van der Waals surface area contributed by atoms with E-state index in [2.05, 4.69) is 0 Å². The molecule has 1 heterocycles. The van der Waals surface area contributed by atoms with Crippen LogP contribution in [-0.2, 0) is 16.4 Å². The van der Waals surface area contributed by atoms with Gasteiger partial charge >= 0.3 is 0 Å². The molecule has 0 N–H and O–H groups in total. The van der Waals surface area contributed by atoms with Crippen molar-refractivity contribution in [1.82, 2.24) is 9.21 Å². The molecule has 190 valence electrons. The fraction of sp³-hybridized carbons (Fsp3) is 0.296. The monoisotopic (exact) mass is 511 g/mol. The van der Waals surface area contributed by atoms with E-state index in [1.54, 1.807) is 42.3 Å². The Morgan fingerprint density at radius 2 is 1.64 bits per heavy atom. The zero-order valence-corrected chi connectivity index (χ0v) is 21.2. The molecule has 0 radical (unpaired) electrons. The van der Waals surface area contributed by atoms with Crippen LogP contribution in [0.2, 0.25) is 0 Å². The number of halogens is 1. The molecule has 0 saturated carbocycles. The first kappa shape index (κ1) is 25.7. The summed E-state index contributed by atoms with van der Waals surface area (Å²) in [6.07, 6.45) is 0.609. The van der Waals surface area contributed by atoms with Gasteiger partial charge in [0.15, 0.2) is 0 Å². The summed E-state index contributed by atoms with van der Waals surface area (Å²) in [6.45, 7) is 2.03. The fourth-order valence-corrected chi connectivity index (χ4v) is 5.46. The quantitative estimate of drug-likeness (QED) is 0.462. The lowest BCUT2D eigenvalue weighted by molar-refractivity contribution is 0.0742. The molecule has 3 aromatic carbocycles. The average Bonchev–Trinajstić information content (AvgIpc) is 2.91. The van der Waals surface area contributed by atoms with Gasteiger partial charge in [-0.2, -0.15) is 0 Å². The average molecular weight is 512 g/mol. The summed E-state index contributed by atoms with van der Waals surface area (Å²) in [7, 11) is -0.598. The van der Waals surface area contributed by atoms with Crippen molar-refractivity contribution in [3.8, 4) is 5.75 Å². The van der Waals surface area contributed by atoms with Gasteiger partial charge in [0.1, 0.15) is 11.6 Å². The van der Waals surface area contributed by atoms with E-state index in [1.807, 2.05) is 35.2 Å². The Hall–Kier alpha value is -3.43. The molecule has 0 spiro atoms. The van der Waals surface area contributed by atoms with Crippen LogP contribution in [0.4, 0.5) is 10.1 Å². The topological polar surface area (TPSA) is 70.2 Å². The largest absolute Gasteiger partial charge is 0.495 e. The number of amides is 1. The lowest BCUT2D eigenvalue weighted by Gasteiger charge is -2.37. The van der Waals surface area contributed by atoms with Gasteiger partial charge in [0.25, 0.3) is 5.91 Å². The van der Waals surface area contributed by atoms with Gasteiger partial charge < -0.3 is 14.5 Å². The van der Waals surface area contributed by atoms with Crippen molar-refractivity contribution in [3.63, 3.8) is 0 Å². The first-order valence-corrected chi connectivity index (χ1v) is 13.2. The molecule has 0 bridgehead atoms. The van der Waals surface area contributed by atoms with Gasteiger partial charge in [0.05, 0.1) is 23.3 Å². The molecule has 0 unspecified atom stereocenters. The van der Waals surface area contributed by atoms with Gasteiger partial charge in [0.2, 0.25) is 10.0 Å². The van der Waals surface area contributed by atoms with Crippen LogP contribution in [0.1, 0.15) is 15.9 Å². The van der Waals surface area contributed by atoms with Crippen LogP contribution in [0.5, 0.6) is 5.75 Å². The smallest absolute Gasteiger partial charge is 0.256 e. The minimum Gasteiger partial charge on any atom is -0.495 e. The van der Waals surface area contributed by atoms with E-state index in [1.165, 1.54) is 23.5 Å². The van der Waals surface area contributed by atoms with Crippen molar-refractivity contribution in [3.05, 3.63) is 89.7 Å². The number of benzene rings is 3. The van der Waals surface area contributed by atoms with Crippen molar-refractivity contribution < 1.29 is 22.3 Å². The Bertz CT molecular complexity index is 1310. The van der Waals surface area contributed by atoms with E-state index in [0.717, 1.165) is 5.56 Å². The number of methoxy groups -OCH3 is 1. The molecule has 1 aliphatic heterocycles. The molecule has 1 amide bonds. The van der Waals surface area contributed by atoms with Crippen LogP contribution >= 0.6 is 0 Å². The summed E-state index contributed by atoms with van der Waals surface area (Å²) < 4.78 is 47.5. The summed E-state index contributed by atoms with van der Waals surface area (Å²) in [5.41, 5.74) is 1.76. The van der Waals surface area contributed by atoms with Crippen LogP contribution in [0.25, 0.3) is 0 Å². The summed E-state index contributed by atoms with van der Waals surface area (Å²) in [4.78, 5) is 16.6. The van der Waals surface area contributed by atoms with Crippen LogP contribution in [0.15, 0.2) is 77.7 Å². The highest BCUT2D eigenvalue weighted by molar-refractivity contribution is 7.89. The summed E-state index contributed by atoms with van der Waals surface area (Å²) >= 11 is 0. The van der Waals surface area contributed by atoms with Gasteiger partial charge in [-0.05, 0) is 42.3 Å². The van der Waals surface area contributed by atoms with Crippen molar-refractivity contribution in [1.29, 1.82) is 0 Å². The summed E-state index contributed by atoms with van der Waals surface area (Å²) in [6, 6.07) is 20.5. The zero-order valence-electron chi connectivity index (χ0n) is 20.4. The third kappa shape index (κ3) is 5.52.